The minimum absolute atomic E-state index is 0.0585. The highest BCUT2D eigenvalue weighted by atomic mass is 16.6. The van der Waals surface area contributed by atoms with Crippen LogP contribution in [0, 0.1) is 11.8 Å². The van der Waals surface area contributed by atoms with Crippen LogP contribution >= 0.6 is 0 Å². The van der Waals surface area contributed by atoms with Gasteiger partial charge in [-0.1, -0.05) is 38.2 Å². The SMILES string of the molecule is COCCN(C)C(=O)OCC(C)/C=C/C=C(\C)[C@H]1OC(=O)C[C@@H](O)CC[C@](C)(O)[C@@H](OC(C)=O)/C=C/[C@@H]1C. The van der Waals surface area contributed by atoms with Crippen molar-refractivity contribution < 1.29 is 43.5 Å². The van der Waals surface area contributed by atoms with Gasteiger partial charge in [0.05, 0.1) is 25.7 Å². The van der Waals surface area contributed by atoms with E-state index in [9.17, 15) is 24.6 Å². The molecule has 1 aliphatic rings. The Bertz CT molecular complexity index is 864. The van der Waals surface area contributed by atoms with Gasteiger partial charge < -0.3 is 34.1 Å². The van der Waals surface area contributed by atoms with Crippen molar-refractivity contribution in [2.24, 2.45) is 11.8 Å². The number of carbonyl (C=O) groups is 3. The summed E-state index contributed by atoms with van der Waals surface area (Å²) < 4.78 is 21.3. The van der Waals surface area contributed by atoms with Crippen LogP contribution in [0.5, 0.6) is 0 Å². The second-order valence-electron chi connectivity index (χ2n) is 10.2. The largest absolute Gasteiger partial charge is 0.457 e. The molecule has 0 aromatic carbocycles. The fourth-order valence-corrected chi connectivity index (χ4v) is 3.81. The second kappa shape index (κ2) is 16.3. The highest BCUT2D eigenvalue weighted by Gasteiger charge is 2.35. The Morgan fingerprint density at radius 2 is 2.00 bits per heavy atom. The molecule has 10 heteroatoms. The average molecular weight is 540 g/mol. The van der Waals surface area contributed by atoms with Crippen molar-refractivity contribution in [2.75, 3.05) is 33.9 Å². The first kappa shape index (κ1) is 33.3. The van der Waals surface area contributed by atoms with E-state index in [1.807, 2.05) is 39.0 Å². The first-order valence-corrected chi connectivity index (χ1v) is 12.9. The van der Waals surface area contributed by atoms with E-state index in [0.29, 0.717) is 13.2 Å². The molecule has 216 valence electrons. The van der Waals surface area contributed by atoms with E-state index < -0.39 is 41.9 Å². The van der Waals surface area contributed by atoms with E-state index in [1.54, 1.807) is 26.3 Å². The van der Waals surface area contributed by atoms with Crippen LogP contribution in [0.3, 0.4) is 0 Å². The van der Waals surface area contributed by atoms with Crippen LogP contribution in [-0.4, -0.2) is 91.0 Å². The molecule has 0 aliphatic carbocycles. The van der Waals surface area contributed by atoms with Crippen LogP contribution in [0.4, 0.5) is 4.79 Å². The van der Waals surface area contributed by atoms with Crippen molar-refractivity contribution in [1.29, 1.82) is 0 Å². The van der Waals surface area contributed by atoms with Gasteiger partial charge >= 0.3 is 18.0 Å². The maximum Gasteiger partial charge on any atom is 0.409 e. The van der Waals surface area contributed by atoms with Gasteiger partial charge in [-0.25, -0.2) is 4.79 Å². The lowest BCUT2D eigenvalue weighted by atomic mass is 9.88. The van der Waals surface area contributed by atoms with E-state index in [-0.39, 0.29) is 37.7 Å². The summed E-state index contributed by atoms with van der Waals surface area (Å²) in [6.07, 6.45) is 5.89. The van der Waals surface area contributed by atoms with Crippen molar-refractivity contribution in [3.8, 4) is 0 Å². The number of likely N-dealkylation sites (N-methyl/N-ethyl adjacent to an activating group) is 1. The number of rotatable bonds is 9. The van der Waals surface area contributed by atoms with Gasteiger partial charge in [-0.3, -0.25) is 9.59 Å². The van der Waals surface area contributed by atoms with Crippen LogP contribution in [0.25, 0.3) is 0 Å². The zero-order valence-corrected chi connectivity index (χ0v) is 23.7. The van der Waals surface area contributed by atoms with E-state index in [4.69, 9.17) is 18.9 Å². The van der Waals surface area contributed by atoms with Crippen molar-refractivity contribution in [1.82, 2.24) is 4.90 Å². The molecule has 1 rings (SSSR count). The number of methoxy groups -OCH3 is 1. The van der Waals surface area contributed by atoms with Crippen LogP contribution < -0.4 is 0 Å². The third kappa shape index (κ3) is 12.2. The Balaban J connectivity index is 2.99. The second-order valence-corrected chi connectivity index (χ2v) is 10.2. The van der Waals surface area contributed by atoms with Gasteiger partial charge in [0.1, 0.15) is 17.8 Å². The lowest BCUT2D eigenvalue weighted by molar-refractivity contribution is -0.157. The van der Waals surface area contributed by atoms with E-state index in [2.05, 4.69) is 0 Å². The summed E-state index contributed by atoms with van der Waals surface area (Å²) in [7, 11) is 3.21. The molecule has 2 N–H and O–H groups in total. The fourth-order valence-electron chi connectivity index (χ4n) is 3.81. The Labute approximate surface area is 226 Å². The van der Waals surface area contributed by atoms with Crippen LogP contribution in [0.15, 0.2) is 36.0 Å². The summed E-state index contributed by atoms with van der Waals surface area (Å²) >= 11 is 0. The molecule has 10 nitrogen and oxygen atoms in total. The standard InChI is InChI=1S/C28H45NO9/c1-19(18-36-27(33)29(6)15-16-35-7)9-8-10-20(2)26-21(3)11-12-24(37-22(4)30)28(5,34)14-13-23(31)17-25(32)38-26/h8-12,19,21,23-24,26,31,34H,13-18H2,1-7H3/b9-8+,12-11+,20-10+/t19?,21-,23-,24-,26+,28-/m0/s1. The summed E-state index contributed by atoms with van der Waals surface area (Å²) in [6, 6.07) is 0. The zero-order valence-electron chi connectivity index (χ0n) is 23.7. The summed E-state index contributed by atoms with van der Waals surface area (Å²) in [5.74, 6) is -1.47. The van der Waals surface area contributed by atoms with Crippen LogP contribution in [0.2, 0.25) is 0 Å². The van der Waals surface area contributed by atoms with Gasteiger partial charge in [0.2, 0.25) is 0 Å². The number of nitrogens with zero attached hydrogens (tertiary/aromatic N) is 1. The van der Waals surface area contributed by atoms with Crippen molar-refractivity contribution in [2.45, 2.75) is 77.8 Å². The number of carbonyl (C=O) groups excluding carboxylic acids is 3. The van der Waals surface area contributed by atoms with Gasteiger partial charge in [-0.05, 0) is 38.3 Å². The molecule has 0 radical (unpaired) electrons. The molecule has 0 aromatic heterocycles. The van der Waals surface area contributed by atoms with E-state index in [1.165, 1.54) is 18.7 Å². The van der Waals surface area contributed by atoms with Crippen molar-refractivity contribution in [3.05, 3.63) is 36.0 Å². The molecule has 1 unspecified atom stereocenters. The van der Waals surface area contributed by atoms with Crippen LogP contribution in [0.1, 0.15) is 53.9 Å². The molecular formula is C28H45NO9. The van der Waals surface area contributed by atoms with Crippen LogP contribution in [-0.2, 0) is 28.5 Å². The predicted molar refractivity (Wildman–Crippen MR) is 142 cm³/mol. The first-order valence-electron chi connectivity index (χ1n) is 12.9. The molecule has 0 saturated carbocycles. The monoisotopic (exact) mass is 539 g/mol. The minimum Gasteiger partial charge on any atom is -0.457 e. The normalized spacial score (nSPS) is 29.0. The maximum atomic E-state index is 12.5. The van der Waals surface area contributed by atoms with E-state index >= 15 is 0 Å². The molecule has 0 aromatic rings. The lowest BCUT2D eigenvalue weighted by Gasteiger charge is -2.32. The molecule has 0 bridgehead atoms. The third-order valence-electron chi connectivity index (χ3n) is 6.28. The number of hydrogen-bond acceptors (Lipinski definition) is 9. The number of amides is 1. The quantitative estimate of drug-likeness (QED) is 0.196. The van der Waals surface area contributed by atoms with Gasteiger partial charge in [0.15, 0.2) is 0 Å². The van der Waals surface area contributed by atoms with Crippen molar-refractivity contribution >= 4 is 18.0 Å². The summed E-state index contributed by atoms with van der Waals surface area (Å²) in [6.45, 7) is 9.44. The lowest BCUT2D eigenvalue weighted by Crippen LogP contribution is -2.42. The molecule has 1 aliphatic heterocycles. The summed E-state index contributed by atoms with van der Waals surface area (Å²) in [4.78, 5) is 37.6. The van der Waals surface area contributed by atoms with E-state index in [0.717, 1.165) is 5.57 Å². The molecular weight excluding hydrogens is 494 g/mol. The first-order chi connectivity index (χ1) is 17.8. The van der Waals surface area contributed by atoms with Crippen molar-refractivity contribution in [3.63, 3.8) is 0 Å². The molecule has 0 saturated heterocycles. The Morgan fingerprint density at radius 1 is 1.32 bits per heavy atom. The van der Waals surface area contributed by atoms with Gasteiger partial charge in [0, 0.05) is 39.5 Å². The minimum atomic E-state index is -1.42. The number of allylic oxidation sites excluding steroid dienone is 2. The number of esters is 2. The number of hydrogen-bond donors (Lipinski definition) is 2. The van der Waals surface area contributed by atoms with Gasteiger partial charge in [-0.15, -0.1) is 0 Å². The highest BCUT2D eigenvalue weighted by Crippen LogP contribution is 2.27. The molecule has 6 atom stereocenters. The summed E-state index contributed by atoms with van der Waals surface area (Å²) in [5.41, 5.74) is -0.676. The average Bonchev–Trinajstić information content (AvgIpc) is 2.84. The molecule has 0 fully saturated rings. The maximum absolute atomic E-state index is 12.5. The van der Waals surface area contributed by atoms with Gasteiger partial charge in [0.25, 0.3) is 0 Å². The number of ether oxygens (including phenoxy) is 4. The van der Waals surface area contributed by atoms with Gasteiger partial charge in [-0.2, -0.15) is 0 Å². The predicted octanol–water partition coefficient (Wildman–Crippen LogP) is 3.17. The molecule has 0 spiro atoms. The number of aliphatic hydroxyl groups is 2. The molecule has 1 amide bonds. The number of aliphatic hydroxyl groups excluding tert-OH is 1. The Morgan fingerprint density at radius 3 is 2.63 bits per heavy atom. The topological polar surface area (TPSA) is 132 Å². The highest BCUT2D eigenvalue weighted by molar-refractivity contribution is 5.70. The smallest absolute Gasteiger partial charge is 0.409 e. The third-order valence-corrected chi connectivity index (χ3v) is 6.28. The number of cyclic esters (lactones) is 1. The molecule has 1 heterocycles. The summed E-state index contributed by atoms with van der Waals surface area (Å²) in [5, 5.41) is 21.2. The zero-order chi connectivity index (χ0) is 28.9. The Kier molecular flexibility index (Phi) is 14.3. The Hall–Kier alpha value is -2.69. The fraction of sp³-hybridized carbons (Fsp3) is 0.679. The molecule has 38 heavy (non-hydrogen) atoms.